The molecule has 84 valence electrons. The average molecular weight is 290 g/mol. The SMILES string of the molecule is N#Cc1ncccc1Cn1cc(Br)ccc1=O. The van der Waals surface area contributed by atoms with Crippen LogP contribution in [0, 0.1) is 11.3 Å². The minimum absolute atomic E-state index is 0.110. The van der Waals surface area contributed by atoms with Crippen molar-refractivity contribution in [1.82, 2.24) is 9.55 Å². The first-order valence-corrected chi connectivity index (χ1v) is 5.70. The van der Waals surface area contributed by atoms with E-state index in [2.05, 4.69) is 20.9 Å². The quantitative estimate of drug-likeness (QED) is 0.849. The molecule has 17 heavy (non-hydrogen) atoms. The number of halogens is 1. The van der Waals surface area contributed by atoms with E-state index in [1.54, 1.807) is 30.6 Å². The van der Waals surface area contributed by atoms with Crippen LogP contribution in [0.5, 0.6) is 0 Å². The van der Waals surface area contributed by atoms with Gasteiger partial charge in [-0.3, -0.25) is 4.79 Å². The second-order valence-corrected chi connectivity index (χ2v) is 4.35. The fraction of sp³-hybridized carbons (Fsp3) is 0.0833. The van der Waals surface area contributed by atoms with Gasteiger partial charge in [-0.05, 0) is 28.1 Å². The third kappa shape index (κ3) is 2.60. The summed E-state index contributed by atoms with van der Waals surface area (Å²) < 4.78 is 2.35. The van der Waals surface area contributed by atoms with Crippen molar-refractivity contribution >= 4 is 15.9 Å². The summed E-state index contributed by atoms with van der Waals surface area (Å²) in [6, 6.07) is 8.72. The Kier molecular flexibility index (Phi) is 3.35. The molecule has 0 unspecified atom stereocenters. The molecule has 0 fully saturated rings. The maximum atomic E-state index is 11.6. The molecule has 0 radical (unpaired) electrons. The Morgan fingerprint density at radius 3 is 3.00 bits per heavy atom. The molecule has 0 aliphatic rings. The van der Waals surface area contributed by atoms with Crippen LogP contribution in [0.3, 0.4) is 0 Å². The molecule has 0 saturated heterocycles. The molecule has 2 aromatic rings. The van der Waals surface area contributed by atoms with Crippen LogP contribution >= 0.6 is 15.9 Å². The minimum Gasteiger partial charge on any atom is -0.310 e. The molecular formula is C12H8BrN3O. The molecule has 0 amide bonds. The van der Waals surface area contributed by atoms with Gasteiger partial charge >= 0.3 is 0 Å². The second kappa shape index (κ2) is 4.93. The van der Waals surface area contributed by atoms with Crippen LogP contribution in [0.2, 0.25) is 0 Å². The van der Waals surface area contributed by atoms with Crippen molar-refractivity contribution in [1.29, 1.82) is 5.26 Å². The van der Waals surface area contributed by atoms with Crippen molar-refractivity contribution in [3.05, 3.63) is 62.7 Å². The van der Waals surface area contributed by atoms with E-state index in [-0.39, 0.29) is 5.56 Å². The highest BCUT2D eigenvalue weighted by atomic mass is 79.9. The van der Waals surface area contributed by atoms with Gasteiger partial charge in [-0.1, -0.05) is 6.07 Å². The molecule has 5 heteroatoms. The van der Waals surface area contributed by atoms with Crippen LogP contribution in [-0.4, -0.2) is 9.55 Å². The monoisotopic (exact) mass is 289 g/mol. The highest BCUT2D eigenvalue weighted by molar-refractivity contribution is 9.10. The van der Waals surface area contributed by atoms with Gasteiger partial charge in [-0.15, -0.1) is 0 Å². The molecule has 0 bridgehead atoms. The van der Waals surface area contributed by atoms with E-state index in [1.807, 2.05) is 6.07 Å². The number of nitriles is 1. The van der Waals surface area contributed by atoms with Gasteiger partial charge in [0.05, 0.1) is 6.54 Å². The summed E-state index contributed by atoms with van der Waals surface area (Å²) in [7, 11) is 0. The first-order chi connectivity index (χ1) is 8.20. The fourth-order valence-electron chi connectivity index (χ4n) is 1.48. The highest BCUT2D eigenvalue weighted by Gasteiger charge is 2.04. The van der Waals surface area contributed by atoms with E-state index < -0.39 is 0 Å². The maximum absolute atomic E-state index is 11.6. The zero-order valence-electron chi connectivity index (χ0n) is 8.80. The lowest BCUT2D eigenvalue weighted by atomic mass is 10.2. The van der Waals surface area contributed by atoms with Gasteiger partial charge < -0.3 is 4.57 Å². The Morgan fingerprint density at radius 2 is 2.24 bits per heavy atom. The molecular weight excluding hydrogens is 282 g/mol. The number of aromatic nitrogens is 2. The maximum Gasteiger partial charge on any atom is 0.250 e. The second-order valence-electron chi connectivity index (χ2n) is 3.44. The summed E-state index contributed by atoms with van der Waals surface area (Å²) in [6.45, 7) is 0.342. The molecule has 2 heterocycles. The van der Waals surface area contributed by atoms with Gasteiger partial charge in [0.1, 0.15) is 11.8 Å². The molecule has 4 nitrogen and oxygen atoms in total. The van der Waals surface area contributed by atoms with Crippen LogP contribution in [0.15, 0.2) is 45.9 Å². The third-order valence-corrected chi connectivity index (χ3v) is 2.75. The van der Waals surface area contributed by atoms with E-state index in [4.69, 9.17) is 5.26 Å². The van der Waals surface area contributed by atoms with Crippen LogP contribution in [0.25, 0.3) is 0 Å². The van der Waals surface area contributed by atoms with Crippen LogP contribution < -0.4 is 5.56 Å². The third-order valence-electron chi connectivity index (χ3n) is 2.29. The first-order valence-electron chi connectivity index (χ1n) is 4.90. The normalized spacial score (nSPS) is 9.88. The molecule has 0 aliphatic carbocycles. The Hall–Kier alpha value is -1.93. The Balaban J connectivity index is 2.42. The van der Waals surface area contributed by atoms with Crippen molar-refractivity contribution in [2.45, 2.75) is 6.54 Å². The van der Waals surface area contributed by atoms with Gasteiger partial charge in [-0.25, -0.2) is 4.98 Å². The molecule has 0 aliphatic heterocycles. The fourth-order valence-corrected chi connectivity index (χ4v) is 1.86. The summed E-state index contributed by atoms with van der Waals surface area (Å²) >= 11 is 3.30. The van der Waals surface area contributed by atoms with Gasteiger partial charge in [0.15, 0.2) is 0 Å². The lowest BCUT2D eigenvalue weighted by Crippen LogP contribution is -2.19. The molecule has 0 spiro atoms. The van der Waals surface area contributed by atoms with Gasteiger partial charge in [-0.2, -0.15) is 5.26 Å². The van der Waals surface area contributed by atoms with E-state index in [0.717, 1.165) is 10.0 Å². The van der Waals surface area contributed by atoms with Crippen molar-refractivity contribution in [3.8, 4) is 6.07 Å². The van der Waals surface area contributed by atoms with Crippen LogP contribution in [0.4, 0.5) is 0 Å². The topological polar surface area (TPSA) is 58.7 Å². The Bertz CT molecular complexity index is 643. The predicted molar refractivity (Wildman–Crippen MR) is 66.5 cm³/mol. The predicted octanol–water partition coefficient (Wildman–Crippen LogP) is 1.93. The smallest absolute Gasteiger partial charge is 0.250 e. The number of rotatable bonds is 2. The number of hydrogen-bond donors (Lipinski definition) is 0. The standard InChI is InChI=1S/C12H8BrN3O/c13-10-3-4-12(17)16(8-10)7-9-2-1-5-15-11(9)6-14/h1-5,8H,7H2. The van der Waals surface area contributed by atoms with E-state index >= 15 is 0 Å². The molecule has 0 N–H and O–H groups in total. The Morgan fingerprint density at radius 1 is 1.41 bits per heavy atom. The molecule has 0 atom stereocenters. The molecule has 2 aromatic heterocycles. The van der Waals surface area contributed by atoms with E-state index in [1.165, 1.54) is 10.6 Å². The number of hydrogen-bond acceptors (Lipinski definition) is 3. The summed E-state index contributed by atoms with van der Waals surface area (Å²) in [5.74, 6) is 0. The van der Waals surface area contributed by atoms with E-state index in [0.29, 0.717) is 12.2 Å². The lowest BCUT2D eigenvalue weighted by molar-refractivity contribution is 0.751. The average Bonchev–Trinajstić information content (AvgIpc) is 2.34. The first kappa shape index (κ1) is 11.6. The Labute approximate surface area is 106 Å². The van der Waals surface area contributed by atoms with Crippen LogP contribution in [0.1, 0.15) is 11.3 Å². The molecule has 2 rings (SSSR count). The van der Waals surface area contributed by atoms with Crippen molar-refractivity contribution in [2.75, 3.05) is 0 Å². The van der Waals surface area contributed by atoms with E-state index in [9.17, 15) is 4.79 Å². The van der Waals surface area contributed by atoms with Crippen LogP contribution in [-0.2, 0) is 6.54 Å². The van der Waals surface area contributed by atoms with Crippen molar-refractivity contribution in [3.63, 3.8) is 0 Å². The van der Waals surface area contributed by atoms with Crippen molar-refractivity contribution in [2.24, 2.45) is 0 Å². The van der Waals surface area contributed by atoms with Gasteiger partial charge in [0.2, 0.25) is 0 Å². The summed E-state index contributed by atoms with van der Waals surface area (Å²) in [4.78, 5) is 15.6. The summed E-state index contributed by atoms with van der Waals surface area (Å²) in [6.07, 6.45) is 3.25. The van der Waals surface area contributed by atoms with Crippen molar-refractivity contribution < 1.29 is 0 Å². The summed E-state index contributed by atoms with van der Waals surface area (Å²) in [5.41, 5.74) is 0.968. The number of pyridine rings is 2. The van der Waals surface area contributed by atoms with Gasteiger partial charge in [0, 0.05) is 28.5 Å². The lowest BCUT2D eigenvalue weighted by Gasteiger charge is -2.06. The molecule has 0 saturated carbocycles. The minimum atomic E-state index is -0.110. The molecule has 0 aromatic carbocycles. The van der Waals surface area contributed by atoms with Gasteiger partial charge in [0.25, 0.3) is 5.56 Å². The largest absolute Gasteiger partial charge is 0.310 e. The zero-order valence-corrected chi connectivity index (χ0v) is 10.4. The zero-order chi connectivity index (χ0) is 12.3. The number of nitrogens with zero attached hydrogens (tertiary/aromatic N) is 3. The summed E-state index contributed by atoms with van der Waals surface area (Å²) in [5, 5.41) is 8.91. The highest BCUT2D eigenvalue weighted by Crippen LogP contribution is 2.09.